The quantitative estimate of drug-likeness (QED) is 0.603. The number of ether oxygens (including phenoxy) is 1. The number of fused-ring (bicyclic) bond motifs is 1. The van der Waals surface area contributed by atoms with Crippen molar-refractivity contribution in [3.63, 3.8) is 0 Å². The van der Waals surface area contributed by atoms with Crippen LogP contribution in [-0.2, 0) is 25.3 Å². The van der Waals surface area contributed by atoms with Crippen LogP contribution in [0.15, 0.2) is 18.2 Å². The zero-order chi connectivity index (χ0) is 19.1. The maximum Gasteiger partial charge on any atom is 0.494 e. The van der Waals surface area contributed by atoms with E-state index in [1.807, 2.05) is 39.8 Å². The van der Waals surface area contributed by atoms with Crippen LogP contribution in [0.25, 0.3) is 0 Å². The lowest BCUT2D eigenvalue weighted by atomic mass is 9.77. The molecule has 1 fully saturated rings. The summed E-state index contributed by atoms with van der Waals surface area (Å²) in [4.78, 5) is 25.9. The molecular weight excluding hydrogens is 333 g/mol. The van der Waals surface area contributed by atoms with Gasteiger partial charge in [0.05, 0.1) is 17.8 Å². The van der Waals surface area contributed by atoms with E-state index >= 15 is 0 Å². The molecule has 0 aliphatic carbocycles. The largest absolute Gasteiger partial charge is 0.494 e. The SMILES string of the molecule is CCOC(=O)CN1CCc2cc(B3OC(C)(C)C(C)(C)O3)ccc2C1=O. The summed E-state index contributed by atoms with van der Waals surface area (Å²) < 4.78 is 17.1. The molecular formula is C19H26BNO5. The highest BCUT2D eigenvalue weighted by Gasteiger charge is 2.51. The molecule has 0 radical (unpaired) electrons. The Morgan fingerprint density at radius 1 is 1.23 bits per heavy atom. The number of hydrogen-bond donors (Lipinski definition) is 0. The lowest BCUT2D eigenvalue weighted by Crippen LogP contribution is -2.42. The molecule has 1 saturated heterocycles. The van der Waals surface area contributed by atoms with Gasteiger partial charge in [0.15, 0.2) is 0 Å². The van der Waals surface area contributed by atoms with Gasteiger partial charge in [-0.1, -0.05) is 12.1 Å². The molecule has 1 aromatic carbocycles. The van der Waals surface area contributed by atoms with Crippen LogP contribution in [0, 0.1) is 0 Å². The van der Waals surface area contributed by atoms with Crippen LogP contribution < -0.4 is 5.46 Å². The predicted octanol–water partition coefficient (Wildman–Crippen LogP) is 1.55. The molecule has 7 heteroatoms. The van der Waals surface area contributed by atoms with E-state index in [2.05, 4.69) is 0 Å². The Balaban J connectivity index is 1.77. The average molecular weight is 359 g/mol. The molecule has 0 bridgehead atoms. The fourth-order valence-electron chi connectivity index (χ4n) is 3.20. The molecule has 2 heterocycles. The van der Waals surface area contributed by atoms with Crippen LogP contribution in [-0.4, -0.2) is 54.8 Å². The molecule has 1 amide bonds. The van der Waals surface area contributed by atoms with Crippen molar-refractivity contribution >= 4 is 24.5 Å². The van der Waals surface area contributed by atoms with Gasteiger partial charge in [-0.3, -0.25) is 9.59 Å². The van der Waals surface area contributed by atoms with Crippen molar-refractivity contribution < 1.29 is 23.6 Å². The summed E-state index contributed by atoms with van der Waals surface area (Å²) in [7, 11) is -0.446. The third-order valence-corrected chi connectivity index (χ3v) is 5.45. The van der Waals surface area contributed by atoms with Gasteiger partial charge >= 0.3 is 13.1 Å². The van der Waals surface area contributed by atoms with Crippen molar-refractivity contribution in [2.45, 2.75) is 52.2 Å². The van der Waals surface area contributed by atoms with Crippen LogP contribution in [0.4, 0.5) is 0 Å². The number of rotatable bonds is 4. The minimum atomic E-state index is -0.446. The summed E-state index contributed by atoms with van der Waals surface area (Å²) in [6.45, 7) is 10.6. The van der Waals surface area contributed by atoms with E-state index in [9.17, 15) is 9.59 Å². The number of amides is 1. The summed E-state index contributed by atoms with van der Waals surface area (Å²) >= 11 is 0. The van der Waals surface area contributed by atoms with Gasteiger partial charge in [-0.05, 0) is 58.1 Å². The highest BCUT2D eigenvalue weighted by atomic mass is 16.7. The fraction of sp³-hybridized carbons (Fsp3) is 0.579. The Morgan fingerprint density at radius 3 is 2.50 bits per heavy atom. The van der Waals surface area contributed by atoms with E-state index in [0.29, 0.717) is 25.1 Å². The number of esters is 1. The summed E-state index contributed by atoms with van der Waals surface area (Å²) in [5.74, 6) is -0.516. The summed E-state index contributed by atoms with van der Waals surface area (Å²) in [5.41, 5.74) is 1.69. The van der Waals surface area contributed by atoms with Gasteiger partial charge in [0.2, 0.25) is 0 Å². The second-order valence-corrected chi connectivity index (χ2v) is 7.79. The number of carbonyl (C=O) groups is 2. The van der Waals surface area contributed by atoms with Gasteiger partial charge in [0, 0.05) is 12.1 Å². The van der Waals surface area contributed by atoms with E-state index in [4.69, 9.17) is 14.0 Å². The van der Waals surface area contributed by atoms with Gasteiger partial charge in [-0.25, -0.2) is 0 Å². The number of carbonyl (C=O) groups excluding carboxylic acids is 2. The maximum absolute atomic E-state index is 12.7. The lowest BCUT2D eigenvalue weighted by molar-refractivity contribution is -0.143. The molecule has 0 aromatic heterocycles. The monoisotopic (exact) mass is 359 g/mol. The summed E-state index contributed by atoms with van der Waals surface area (Å²) in [6, 6.07) is 5.65. The molecule has 0 spiro atoms. The standard InChI is InChI=1S/C19H26BNO5/c1-6-24-16(22)12-21-10-9-13-11-14(7-8-15(13)17(21)23)20-25-18(2,3)19(4,5)26-20/h7-8,11H,6,9-10,12H2,1-5H3. The van der Waals surface area contributed by atoms with Crippen LogP contribution in [0.2, 0.25) is 0 Å². The molecule has 0 atom stereocenters. The number of nitrogens with zero attached hydrogens (tertiary/aromatic N) is 1. The zero-order valence-corrected chi connectivity index (χ0v) is 16.1. The van der Waals surface area contributed by atoms with Crippen molar-refractivity contribution in [3.05, 3.63) is 29.3 Å². The molecule has 2 aliphatic heterocycles. The molecule has 6 nitrogen and oxygen atoms in total. The molecule has 0 unspecified atom stereocenters. The van der Waals surface area contributed by atoms with E-state index < -0.39 is 18.3 Å². The zero-order valence-electron chi connectivity index (χ0n) is 16.1. The third kappa shape index (κ3) is 3.38. The second-order valence-electron chi connectivity index (χ2n) is 7.79. The average Bonchev–Trinajstić information content (AvgIpc) is 2.78. The van der Waals surface area contributed by atoms with E-state index in [1.54, 1.807) is 13.0 Å². The number of benzene rings is 1. The van der Waals surface area contributed by atoms with Crippen molar-refractivity contribution in [2.24, 2.45) is 0 Å². The smallest absolute Gasteiger partial charge is 0.465 e. The second kappa shape index (κ2) is 6.70. The molecule has 26 heavy (non-hydrogen) atoms. The Hall–Kier alpha value is -1.86. The first kappa shape index (κ1) is 18.9. The normalized spacial score (nSPS) is 20.9. The fourth-order valence-corrected chi connectivity index (χ4v) is 3.20. The molecule has 2 aliphatic rings. The van der Waals surface area contributed by atoms with Gasteiger partial charge in [0.25, 0.3) is 5.91 Å². The third-order valence-electron chi connectivity index (χ3n) is 5.45. The lowest BCUT2D eigenvalue weighted by Gasteiger charge is -2.32. The molecule has 140 valence electrons. The highest BCUT2D eigenvalue weighted by molar-refractivity contribution is 6.62. The minimum Gasteiger partial charge on any atom is -0.465 e. The van der Waals surface area contributed by atoms with Gasteiger partial charge in [-0.2, -0.15) is 0 Å². The summed E-state index contributed by atoms with van der Waals surface area (Å²) in [5, 5.41) is 0. The molecule has 0 saturated carbocycles. The van der Waals surface area contributed by atoms with Crippen molar-refractivity contribution in [1.82, 2.24) is 4.90 Å². The number of hydrogen-bond acceptors (Lipinski definition) is 5. The molecule has 3 rings (SSSR count). The first-order valence-corrected chi connectivity index (χ1v) is 9.08. The Morgan fingerprint density at radius 2 is 1.88 bits per heavy atom. The van der Waals surface area contributed by atoms with E-state index in [0.717, 1.165) is 11.0 Å². The topological polar surface area (TPSA) is 65.1 Å². The Kier molecular flexibility index (Phi) is 4.88. The van der Waals surface area contributed by atoms with Crippen LogP contribution >= 0.6 is 0 Å². The minimum absolute atomic E-state index is 0.00884. The van der Waals surface area contributed by atoms with Crippen molar-refractivity contribution in [2.75, 3.05) is 19.7 Å². The van der Waals surface area contributed by atoms with Crippen LogP contribution in [0.3, 0.4) is 0 Å². The van der Waals surface area contributed by atoms with Gasteiger partial charge < -0.3 is 18.9 Å². The first-order chi connectivity index (χ1) is 12.1. The van der Waals surface area contributed by atoms with Crippen molar-refractivity contribution in [1.29, 1.82) is 0 Å². The van der Waals surface area contributed by atoms with E-state index in [-0.39, 0.29) is 18.4 Å². The molecule has 0 N–H and O–H groups in total. The highest BCUT2D eigenvalue weighted by Crippen LogP contribution is 2.36. The predicted molar refractivity (Wildman–Crippen MR) is 98.4 cm³/mol. The van der Waals surface area contributed by atoms with Crippen molar-refractivity contribution in [3.8, 4) is 0 Å². The maximum atomic E-state index is 12.7. The van der Waals surface area contributed by atoms with E-state index in [1.165, 1.54) is 4.90 Å². The molecule has 1 aromatic rings. The Labute approximate surface area is 154 Å². The van der Waals surface area contributed by atoms with Crippen LogP contribution in [0.5, 0.6) is 0 Å². The summed E-state index contributed by atoms with van der Waals surface area (Å²) in [6.07, 6.45) is 0.688. The van der Waals surface area contributed by atoms with Gasteiger partial charge in [0.1, 0.15) is 6.54 Å². The van der Waals surface area contributed by atoms with Gasteiger partial charge in [-0.15, -0.1) is 0 Å². The van der Waals surface area contributed by atoms with Crippen LogP contribution in [0.1, 0.15) is 50.5 Å². The Bertz CT molecular complexity index is 715. The first-order valence-electron chi connectivity index (χ1n) is 9.08.